The fraction of sp³-hybridized carbons (Fsp3) is 0.615. The second kappa shape index (κ2) is 5.47. The van der Waals surface area contributed by atoms with Gasteiger partial charge in [0.2, 0.25) is 5.88 Å². The molecule has 0 aliphatic carbocycles. The minimum Gasteiger partial charge on any atom is -0.481 e. The maximum absolute atomic E-state index is 5.88. The molecule has 1 aliphatic heterocycles. The SMILES string of the molecule is COc1ccc(C2C(CN)CCCN2C)cn1. The number of methoxy groups -OCH3 is 1. The molecule has 0 aromatic carbocycles. The molecule has 94 valence electrons. The Morgan fingerprint density at radius 2 is 2.35 bits per heavy atom. The summed E-state index contributed by atoms with van der Waals surface area (Å²) < 4.78 is 5.09. The Labute approximate surface area is 103 Å². The summed E-state index contributed by atoms with van der Waals surface area (Å²) in [6.07, 6.45) is 4.35. The number of rotatable bonds is 3. The molecule has 4 nitrogen and oxygen atoms in total. The third-order valence-corrected chi connectivity index (χ3v) is 3.62. The summed E-state index contributed by atoms with van der Waals surface area (Å²) in [4.78, 5) is 6.67. The van der Waals surface area contributed by atoms with Crippen LogP contribution in [-0.2, 0) is 0 Å². The lowest BCUT2D eigenvalue weighted by Crippen LogP contribution is -2.39. The van der Waals surface area contributed by atoms with Crippen LogP contribution in [0.3, 0.4) is 0 Å². The van der Waals surface area contributed by atoms with Crippen LogP contribution in [0.25, 0.3) is 0 Å². The zero-order chi connectivity index (χ0) is 12.3. The fourth-order valence-electron chi connectivity index (χ4n) is 2.72. The number of ether oxygens (including phenoxy) is 1. The molecule has 0 amide bonds. The average molecular weight is 235 g/mol. The van der Waals surface area contributed by atoms with Gasteiger partial charge in [0.25, 0.3) is 0 Å². The molecule has 1 aromatic heterocycles. The van der Waals surface area contributed by atoms with Crippen molar-refractivity contribution >= 4 is 0 Å². The smallest absolute Gasteiger partial charge is 0.212 e. The quantitative estimate of drug-likeness (QED) is 0.861. The van der Waals surface area contributed by atoms with E-state index in [-0.39, 0.29) is 0 Å². The van der Waals surface area contributed by atoms with E-state index in [1.165, 1.54) is 18.4 Å². The topological polar surface area (TPSA) is 51.4 Å². The number of piperidine rings is 1. The van der Waals surface area contributed by atoms with Gasteiger partial charge in [0.05, 0.1) is 7.11 Å². The van der Waals surface area contributed by atoms with Crippen molar-refractivity contribution in [3.8, 4) is 5.88 Å². The number of pyridine rings is 1. The summed E-state index contributed by atoms with van der Waals surface area (Å²) in [6.45, 7) is 1.87. The summed E-state index contributed by atoms with van der Waals surface area (Å²) in [5, 5.41) is 0. The molecule has 1 fully saturated rings. The van der Waals surface area contributed by atoms with Crippen molar-refractivity contribution < 1.29 is 4.74 Å². The highest BCUT2D eigenvalue weighted by atomic mass is 16.5. The standard InChI is InChI=1S/C13H21N3O/c1-16-7-3-4-10(8-14)13(16)11-5-6-12(17-2)15-9-11/h5-6,9-10,13H,3-4,7-8,14H2,1-2H3. The number of aromatic nitrogens is 1. The molecule has 2 unspecified atom stereocenters. The van der Waals surface area contributed by atoms with Crippen LogP contribution in [-0.4, -0.2) is 37.1 Å². The van der Waals surface area contributed by atoms with E-state index >= 15 is 0 Å². The maximum Gasteiger partial charge on any atom is 0.212 e. The van der Waals surface area contributed by atoms with Gasteiger partial charge in [0.1, 0.15) is 0 Å². The van der Waals surface area contributed by atoms with Crippen molar-refractivity contribution in [3.63, 3.8) is 0 Å². The predicted octanol–water partition coefficient (Wildman–Crippen LogP) is 1.43. The first-order chi connectivity index (χ1) is 8.26. The van der Waals surface area contributed by atoms with Crippen molar-refractivity contribution in [2.45, 2.75) is 18.9 Å². The molecule has 2 N–H and O–H groups in total. The van der Waals surface area contributed by atoms with Crippen LogP contribution >= 0.6 is 0 Å². The molecule has 0 bridgehead atoms. The molecule has 2 rings (SSSR count). The number of hydrogen-bond donors (Lipinski definition) is 1. The van der Waals surface area contributed by atoms with Crippen LogP contribution < -0.4 is 10.5 Å². The van der Waals surface area contributed by atoms with E-state index in [0.29, 0.717) is 17.8 Å². The second-order valence-corrected chi connectivity index (χ2v) is 4.70. The maximum atomic E-state index is 5.88. The molecule has 0 spiro atoms. The summed E-state index contributed by atoms with van der Waals surface area (Å²) in [5.41, 5.74) is 7.12. The molecule has 0 radical (unpaired) electrons. The Balaban J connectivity index is 2.21. The highest BCUT2D eigenvalue weighted by Crippen LogP contribution is 2.34. The number of nitrogens with zero attached hydrogens (tertiary/aromatic N) is 2. The van der Waals surface area contributed by atoms with E-state index in [4.69, 9.17) is 10.5 Å². The molecule has 2 heterocycles. The van der Waals surface area contributed by atoms with Gasteiger partial charge in [-0.1, -0.05) is 6.07 Å². The lowest BCUT2D eigenvalue weighted by atomic mass is 9.86. The zero-order valence-electron chi connectivity index (χ0n) is 10.6. The lowest BCUT2D eigenvalue weighted by Gasteiger charge is -2.38. The van der Waals surface area contributed by atoms with E-state index in [1.807, 2.05) is 12.3 Å². The first-order valence-electron chi connectivity index (χ1n) is 6.16. The second-order valence-electron chi connectivity index (χ2n) is 4.70. The summed E-state index contributed by atoms with van der Waals surface area (Å²) in [5.74, 6) is 1.19. The highest BCUT2D eigenvalue weighted by Gasteiger charge is 2.29. The lowest BCUT2D eigenvalue weighted by molar-refractivity contribution is 0.125. The molecule has 4 heteroatoms. The Hall–Kier alpha value is -1.13. The van der Waals surface area contributed by atoms with Crippen LogP contribution in [0.1, 0.15) is 24.4 Å². The summed E-state index contributed by atoms with van der Waals surface area (Å²) in [7, 11) is 3.80. The average Bonchev–Trinajstić information content (AvgIpc) is 2.38. The van der Waals surface area contributed by atoms with Gasteiger partial charge in [0.15, 0.2) is 0 Å². The van der Waals surface area contributed by atoms with Crippen LogP contribution in [0.15, 0.2) is 18.3 Å². The minimum atomic E-state index is 0.396. The molecular weight excluding hydrogens is 214 g/mol. The molecule has 1 saturated heterocycles. The van der Waals surface area contributed by atoms with Gasteiger partial charge in [0, 0.05) is 18.3 Å². The number of hydrogen-bond acceptors (Lipinski definition) is 4. The van der Waals surface area contributed by atoms with Crippen molar-refractivity contribution in [2.24, 2.45) is 11.7 Å². The van der Waals surface area contributed by atoms with Crippen LogP contribution in [0, 0.1) is 5.92 Å². The first kappa shape index (κ1) is 12.3. The van der Waals surface area contributed by atoms with E-state index < -0.39 is 0 Å². The van der Waals surface area contributed by atoms with E-state index in [2.05, 4.69) is 23.0 Å². The van der Waals surface area contributed by atoms with E-state index in [1.54, 1.807) is 7.11 Å². The van der Waals surface area contributed by atoms with Crippen molar-refractivity contribution in [2.75, 3.05) is 27.2 Å². The van der Waals surface area contributed by atoms with E-state index in [0.717, 1.165) is 13.1 Å². The van der Waals surface area contributed by atoms with Gasteiger partial charge in [-0.2, -0.15) is 0 Å². The van der Waals surface area contributed by atoms with Crippen molar-refractivity contribution in [3.05, 3.63) is 23.9 Å². The van der Waals surface area contributed by atoms with Crippen LogP contribution in [0.5, 0.6) is 5.88 Å². The van der Waals surface area contributed by atoms with Crippen LogP contribution in [0.2, 0.25) is 0 Å². The third kappa shape index (κ3) is 2.58. The molecule has 2 atom stereocenters. The normalized spacial score (nSPS) is 25.8. The van der Waals surface area contributed by atoms with Gasteiger partial charge in [-0.3, -0.25) is 4.90 Å². The van der Waals surface area contributed by atoms with Crippen molar-refractivity contribution in [1.29, 1.82) is 0 Å². The Bertz CT molecular complexity index is 352. The van der Waals surface area contributed by atoms with Gasteiger partial charge in [-0.05, 0) is 44.5 Å². The first-order valence-corrected chi connectivity index (χ1v) is 6.16. The molecule has 1 aromatic rings. The summed E-state index contributed by atoms with van der Waals surface area (Å²) in [6, 6.07) is 4.42. The fourth-order valence-corrected chi connectivity index (χ4v) is 2.72. The van der Waals surface area contributed by atoms with Crippen LogP contribution in [0.4, 0.5) is 0 Å². The third-order valence-electron chi connectivity index (χ3n) is 3.62. The van der Waals surface area contributed by atoms with Gasteiger partial charge >= 0.3 is 0 Å². The van der Waals surface area contributed by atoms with Crippen molar-refractivity contribution in [1.82, 2.24) is 9.88 Å². The molecule has 1 aliphatic rings. The Kier molecular flexibility index (Phi) is 3.97. The van der Waals surface area contributed by atoms with E-state index in [9.17, 15) is 0 Å². The minimum absolute atomic E-state index is 0.396. The number of likely N-dealkylation sites (tertiary alicyclic amines) is 1. The summed E-state index contributed by atoms with van der Waals surface area (Å²) >= 11 is 0. The molecule has 0 saturated carbocycles. The Morgan fingerprint density at radius 1 is 1.53 bits per heavy atom. The number of nitrogens with two attached hydrogens (primary N) is 1. The van der Waals surface area contributed by atoms with Gasteiger partial charge in [-0.25, -0.2) is 4.98 Å². The molecule has 17 heavy (non-hydrogen) atoms. The largest absolute Gasteiger partial charge is 0.481 e. The van der Waals surface area contributed by atoms with Gasteiger partial charge < -0.3 is 10.5 Å². The highest BCUT2D eigenvalue weighted by molar-refractivity contribution is 5.22. The zero-order valence-corrected chi connectivity index (χ0v) is 10.6. The monoisotopic (exact) mass is 235 g/mol. The Morgan fingerprint density at radius 3 is 2.94 bits per heavy atom. The molecular formula is C13H21N3O. The van der Waals surface area contributed by atoms with Gasteiger partial charge in [-0.15, -0.1) is 0 Å². The predicted molar refractivity (Wildman–Crippen MR) is 67.9 cm³/mol.